The number of carbonyl (C=O) groups is 1. The van der Waals surface area contributed by atoms with Gasteiger partial charge in [-0.3, -0.25) is 9.36 Å². The highest BCUT2D eigenvalue weighted by molar-refractivity contribution is 5.82. The molecular formula is C22H24N6O2. The molecule has 1 aliphatic rings. The number of nitrogens with zero attached hydrogens (tertiary/aromatic N) is 5. The molecule has 0 aliphatic carbocycles. The first-order chi connectivity index (χ1) is 14.5. The number of rotatable bonds is 3. The number of aromatic nitrogens is 5. The van der Waals surface area contributed by atoms with Crippen LogP contribution in [0.25, 0.3) is 27.9 Å². The number of hydrogen-bond acceptors (Lipinski definition) is 4. The van der Waals surface area contributed by atoms with Crippen LogP contribution in [0, 0.1) is 5.92 Å². The third kappa shape index (κ3) is 2.99. The number of H-pyrrole nitrogens is 1. The molecule has 0 saturated carbocycles. The fourth-order valence-electron chi connectivity index (χ4n) is 4.35. The van der Waals surface area contributed by atoms with Gasteiger partial charge in [-0.25, -0.2) is 14.3 Å². The summed E-state index contributed by atoms with van der Waals surface area (Å²) in [6.45, 7) is 5.10. The first kappa shape index (κ1) is 18.6. The van der Waals surface area contributed by atoms with Crippen molar-refractivity contribution in [2.75, 3.05) is 13.1 Å². The Labute approximate surface area is 173 Å². The first-order valence-electron chi connectivity index (χ1n) is 10.4. The van der Waals surface area contributed by atoms with E-state index >= 15 is 0 Å². The van der Waals surface area contributed by atoms with Gasteiger partial charge in [0.05, 0.1) is 29.0 Å². The lowest BCUT2D eigenvalue weighted by molar-refractivity contribution is -0.136. The van der Waals surface area contributed by atoms with Crippen LogP contribution in [-0.2, 0) is 4.79 Å². The molecule has 8 heteroatoms. The standard InChI is InChI=1S/C22H24N6O2/c1-14(2)21(29)26-10-5-6-15(13-26)28-20-18(25-22(28)30)9-8-17(24-20)16-12-23-27-11-4-3-7-19(16)27/h3-4,7-9,11-12,14-15H,5-6,10,13H2,1-2H3,(H,25,30)/t15-/m0/s1. The molecule has 154 valence electrons. The molecule has 1 amide bonds. The largest absolute Gasteiger partial charge is 0.340 e. The lowest BCUT2D eigenvalue weighted by atomic mass is 10.0. The van der Waals surface area contributed by atoms with Crippen LogP contribution in [0.5, 0.6) is 0 Å². The second-order valence-electron chi connectivity index (χ2n) is 8.19. The Hall–Kier alpha value is -3.42. The highest BCUT2D eigenvalue weighted by atomic mass is 16.2. The third-order valence-corrected chi connectivity index (χ3v) is 5.83. The molecule has 30 heavy (non-hydrogen) atoms. The van der Waals surface area contributed by atoms with Crippen LogP contribution in [0.1, 0.15) is 32.7 Å². The van der Waals surface area contributed by atoms with Gasteiger partial charge in [0.15, 0.2) is 5.65 Å². The monoisotopic (exact) mass is 404 g/mol. The Morgan fingerprint density at radius 1 is 1.23 bits per heavy atom. The Bertz CT molecular complexity index is 1300. The summed E-state index contributed by atoms with van der Waals surface area (Å²) in [5, 5.41) is 4.39. The summed E-state index contributed by atoms with van der Waals surface area (Å²) in [5.74, 6) is 0.0800. The fraction of sp³-hybridized carbons (Fsp3) is 0.364. The molecule has 8 nitrogen and oxygen atoms in total. The van der Waals surface area contributed by atoms with Gasteiger partial charge >= 0.3 is 5.69 Å². The highest BCUT2D eigenvalue weighted by Gasteiger charge is 2.28. The molecular weight excluding hydrogens is 380 g/mol. The van der Waals surface area contributed by atoms with E-state index in [4.69, 9.17) is 4.98 Å². The minimum Gasteiger partial charge on any atom is -0.340 e. The fourth-order valence-corrected chi connectivity index (χ4v) is 4.35. The molecule has 1 aliphatic heterocycles. The lowest BCUT2D eigenvalue weighted by Gasteiger charge is -2.34. The molecule has 0 radical (unpaired) electrons. The van der Waals surface area contributed by atoms with E-state index in [1.54, 1.807) is 10.8 Å². The maximum absolute atomic E-state index is 12.8. The number of piperidine rings is 1. The highest BCUT2D eigenvalue weighted by Crippen LogP contribution is 2.27. The van der Waals surface area contributed by atoms with E-state index in [2.05, 4.69) is 10.1 Å². The van der Waals surface area contributed by atoms with Gasteiger partial charge < -0.3 is 9.88 Å². The molecule has 5 rings (SSSR count). The number of hydrogen-bond donors (Lipinski definition) is 1. The predicted octanol–water partition coefficient (Wildman–Crippen LogP) is 2.86. The topological polar surface area (TPSA) is 88.3 Å². The van der Waals surface area contributed by atoms with Crippen molar-refractivity contribution in [3.63, 3.8) is 0 Å². The van der Waals surface area contributed by atoms with Gasteiger partial charge in [0, 0.05) is 30.8 Å². The quantitative estimate of drug-likeness (QED) is 0.569. The number of amides is 1. The number of imidazole rings is 1. The number of carbonyl (C=O) groups excluding carboxylic acids is 1. The Morgan fingerprint density at radius 3 is 2.93 bits per heavy atom. The summed E-state index contributed by atoms with van der Waals surface area (Å²) in [5.41, 5.74) is 3.78. The first-order valence-corrected chi connectivity index (χ1v) is 10.4. The van der Waals surface area contributed by atoms with Gasteiger partial charge in [-0.1, -0.05) is 19.9 Å². The van der Waals surface area contributed by atoms with Crippen LogP contribution in [0.3, 0.4) is 0 Å². The van der Waals surface area contributed by atoms with Crippen molar-refractivity contribution in [2.45, 2.75) is 32.7 Å². The third-order valence-electron chi connectivity index (χ3n) is 5.83. The van der Waals surface area contributed by atoms with Crippen molar-refractivity contribution in [2.24, 2.45) is 5.92 Å². The molecule has 1 saturated heterocycles. The van der Waals surface area contributed by atoms with Crippen LogP contribution in [-0.4, -0.2) is 48.0 Å². The number of nitrogens with one attached hydrogen (secondary N) is 1. The van der Waals surface area contributed by atoms with Crippen molar-refractivity contribution in [1.29, 1.82) is 0 Å². The smallest absolute Gasteiger partial charge is 0.327 e. The van der Waals surface area contributed by atoms with E-state index in [-0.39, 0.29) is 23.6 Å². The maximum atomic E-state index is 12.8. The maximum Gasteiger partial charge on any atom is 0.327 e. The van der Waals surface area contributed by atoms with E-state index in [1.807, 2.05) is 59.8 Å². The van der Waals surface area contributed by atoms with E-state index < -0.39 is 0 Å². The number of pyridine rings is 2. The minimum absolute atomic E-state index is 0.0520. The number of likely N-dealkylation sites (tertiary alicyclic amines) is 1. The molecule has 0 spiro atoms. The number of aromatic amines is 1. The van der Waals surface area contributed by atoms with Crippen LogP contribution < -0.4 is 5.69 Å². The molecule has 4 aromatic rings. The Kier molecular flexibility index (Phi) is 4.42. The second kappa shape index (κ2) is 7.12. The molecule has 1 N–H and O–H groups in total. The average Bonchev–Trinajstić information content (AvgIpc) is 3.33. The summed E-state index contributed by atoms with van der Waals surface area (Å²) in [7, 11) is 0. The summed E-state index contributed by atoms with van der Waals surface area (Å²) in [6.07, 6.45) is 5.40. The van der Waals surface area contributed by atoms with E-state index in [0.29, 0.717) is 17.7 Å². The molecule has 4 aromatic heterocycles. The molecule has 5 heterocycles. The Balaban J connectivity index is 1.58. The van der Waals surface area contributed by atoms with Gasteiger partial charge in [0.1, 0.15) is 0 Å². The van der Waals surface area contributed by atoms with Crippen LogP contribution in [0.2, 0.25) is 0 Å². The van der Waals surface area contributed by atoms with Crippen LogP contribution >= 0.6 is 0 Å². The SMILES string of the molecule is CC(C)C(=O)N1CCC[C@H](n2c(=O)[nH]c3ccc(-c4cnn5ccccc45)nc32)C1. The van der Waals surface area contributed by atoms with Crippen molar-refractivity contribution >= 4 is 22.6 Å². The predicted molar refractivity (Wildman–Crippen MR) is 114 cm³/mol. The van der Waals surface area contributed by atoms with Crippen LogP contribution in [0.4, 0.5) is 0 Å². The summed E-state index contributed by atoms with van der Waals surface area (Å²) in [4.78, 5) is 34.9. The molecule has 0 unspecified atom stereocenters. The van der Waals surface area contributed by atoms with E-state index in [1.165, 1.54) is 0 Å². The zero-order valence-corrected chi connectivity index (χ0v) is 17.1. The summed E-state index contributed by atoms with van der Waals surface area (Å²) < 4.78 is 3.53. The summed E-state index contributed by atoms with van der Waals surface area (Å²) in [6, 6.07) is 9.60. The molecule has 0 aromatic carbocycles. The van der Waals surface area contributed by atoms with Crippen molar-refractivity contribution in [3.05, 3.63) is 53.2 Å². The van der Waals surface area contributed by atoms with Crippen molar-refractivity contribution < 1.29 is 4.79 Å². The van der Waals surface area contributed by atoms with Gasteiger partial charge in [-0.2, -0.15) is 5.10 Å². The van der Waals surface area contributed by atoms with Gasteiger partial charge in [-0.15, -0.1) is 0 Å². The van der Waals surface area contributed by atoms with E-state index in [9.17, 15) is 9.59 Å². The number of fused-ring (bicyclic) bond motifs is 2. The second-order valence-corrected chi connectivity index (χ2v) is 8.19. The molecule has 0 bridgehead atoms. The normalized spacial score (nSPS) is 17.3. The minimum atomic E-state index is -0.182. The molecule has 1 fully saturated rings. The van der Waals surface area contributed by atoms with Crippen molar-refractivity contribution in [3.8, 4) is 11.3 Å². The molecule has 1 atom stereocenters. The van der Waals surface area contributed by atoms with E-state index in [0.717, 1.165) is 36.2 Å². The lowest BCUT2D eigenvalue weighted by Crippen LogP contribution is -2.44. The zero-order valence-electron chi connectivity index (χ0n) is 17.1. The van der Waals surface area contributed by atoms with Crippen molar-refractivity contribution in [1.82, 2.24) is 29.0 Å². The Morgan fingerprint density at radius 2 is 2.10 bits per heavy atom. The van der Waals surface area contributed by atoms with Gasteiger partial charge in [0.2, 0.25) is 5.91 Å². The summed E-state index contributed by atoms with van der Waals surface area (Å²) >= 11 is 0. The average molecular weight is 404 g/mol. The zero-order chi connectivity index (χ0) is 20.8. The van der Waals surface area contributed by atoms with Crippen LogP contribution in [0.15, 0.2) is 47.5 Å². The van der Waals surface area contributed by atoms with Gasteiger partial charge in [-0.05, 0) is 37.1 Å². The van der Waals surface area contributed by atoms with Gasteiger partial charge in [0.25, 0.3) is 0 Å².